The highest BCUT2D eigenvalue weighted by Gasteiger charge is 2.42. The van der Waals surface area contributed by atoms with Crippen molar-refractivity contribution in [1.29, 1.82) is 0 Å². The third kappa shape index (κ3) is 3.59. The zero-order valence-corrected chi connectivity index (χ0v) is 14.4. The van der Waals surface area contributed by atoms with Crippen LogP contribution in [0.3, 0.4) is 0 Å². The van der Waals surface area contributed by atoms with Gasteiger partial charge in [0, 0.05) is 31.6 Å². The second kappa shape index (κ2) is 6.96. The van der Waals surface area contributed by atoms with Gasteiger partial charge in [0.1, 0.15) is 0 Å². The van der Waals surface area contributed by atoms with E-state index in [1.807, 2.05) is 24.5 Å². The fraction of sp³-hybridized carbons (Fsp3) is 0.429. The van der Waals surface area contributed by atoms with Crippen LogP contribution < -0.4 is 5.32 Å². The molecule has 0 radical (unpaired) electrons. The Kier molecular flexibility index (Phi) is 4.53. The number of ether oxygens (including phenoxy) is 1. The van der Waals surface area contributed by atoms with Gasteiger partial charge >= 0.3 is 0 Å². The van der Waals surface area contributed by atoms with Crippen LogP contribution in [0.2, 0.25) is 0 Å². The van der Waals surface area contributed by atoms with E-state index >= 15 is 0 Å². The summed E-state index contributed by atoms with van der Waals surface area (Å²) in [5.74, 6) is 0.211. The van der Waals surface area contributed by atoms with Crippen molar-refractivity contribution in [3.8, 4) is 11.1 Å². The first-order chi connectivity index (χ1) is 12.3. The summed E-state index contributed by atoms with van der Waals surface area (Å²) in [6.07, 6.45) is 8.20. The highest BCUT2D eigenvalue weighted by Crippen LogP contribution is 2.38. The zero-order chi connectivity index (χ0) is 17.1. The maximum absolute atomic E-state index is 13.0. The Morgan fingerprint density at radius 1 is 1.12 bits per heavy atom. The predicted molar refractivity (Wildman–Crippen MR) is 97.0 cm³/mol. The monoisotopic (exact) mass is 336 g/mol. The molecule has 4 rings (SSSR count). The van der Waals surface area contributed by atoms with Gasteiger partial charge in [0.05, 0.1) is 5.41 Å². The number of aromatic nitrogens is 1. The maximum atomic E-state index is 13.0. The summed E-state index contributed by atoms with van der Waals surface area (Å²) in [5, 5.41) is 3.24. The predicted octanol–water partition coefficient (Wildman–Crippen LogP) is 3.37. The first-order valence-corrected chi connectivity index (χ1v) is 9.14. The molecule has 1 amide bonds. The van der Waals surface area contributed by atoms with E-state index in [4.69, 9.17) is 4.74 Å². The molecule has 2 aliphatic rings. The first kappa shape index (κ1) is 16.3. The SMILES string of the molecule is O=C(NC1CC1)C1(Cc2ccccc2-c2ccncc2)CCOCC1. The Morgan fingerprint density at radius 2 is 1.84 bits per heavy atom. The Morgan fingerprint density at radius 3 is 2.56 bits per heavy atom. The van der Waals surface area contributed by atoms with Crippen molar-refractivity contribution in [3.63, 3.8) is 0 Å². The average molecular weight is 336 g/mol. The molecule has 1 saturated heterocycles. The van der Waals surface area contributed by atoms with Crippen molar-refractivity contribution in [2.45, 2.75) is 38.1 Å². The van der Waals surface area contributed by atoms with Gasteiger partial charge in [-0.3, -0.25) is 9.78 Å². The minimum absolute atomic E-state index is 0.211. The molecular formula is C21H24N2O2. The number of hydrogen-bond donors (Lipinski definition) is 1. The van der Waals surface area contributed by atoms with Crippen LogP contribution in [-0.4, -0.2) is 30.1 Å². The maximum Gasteiger partial charge on any atom is 0.226 e. The molecular weight excluding hydrogens is 312 g/mol. The van der Waals surface area contributed by atoms with Gasteiger partial charge in [-0.15, -0.1) is 0 Å². The van der Waals surface area contributed by atoms with Crippen molar-refractivity contribution in [3.05, 3.63) is 54.4 Å². The summed E-state index contributed by atoms with van der Waals surface area (Å²) >= 11 is 0. The first-order valence-electron chi connectivity index (χ1n) is 9.14. The Hall–Kier alpha value is -2.20. The number of benzene rings is 1. The number of rotatable bonds is 5. The molecule has 4 nitrogen and oxygen atoms in total. The minimum Gasteiger partial charge on any atom is -0.381 e. The van der Waals surface area contributed by atoms with Crippen LogP contribution in [-0.2, 0) is 16.0 Å². The van der Waals surface area contributed by atoms with Crippen LogP contribution in [0.15, 0.2) is 48.8 Å². The molecule has 1 saturated carbocycles. The zero-order valence-electron chi connectivity index (χ0n) is 14.4. The van der Waals surface area contributed by atoms with Gasteiger partial charge in [0.15, 0.2) is 0 Å². The number of nitrogens with zero attached hydrogens (tertiary/aromatic N) is 1. The fourth-order valence-corrected chi connectivity index (χ4v) is 3.66. The number of pyridine rings is 1. The number of nitrogens with one attached hydrogen (secondary N) is 1. The van der Waals surface area contributed by atoms with Gasteiger partial charge in [0.2, 0.25) is 5.91 Å². The van der Waals surface area contributed by atoms with E-state index < -0.39 is 0 Å². The third-order valence-electron chi connectivity index (χ3n) is 5.38. The minimum atomic E-state index is -0.357. The van der Waals surface area contributed by atoms with Crippen molar-refractivity contribution in [2.75, 3.05) is 13.2 Å². The van der Waals surface area contributed by atoms with Gasteiger partial charge in [-0.1, -0.05) is 24.3 Å². The van der Waals surface area contributed by atoms with E-state index in [1.54, 1.807) is 0 Å². The molecule has 25 heavy (non-hydrogen) atoms. The molecule has 1 aromatic carbocycles. The standard InChI is InChI=1S/C21H24N2O2/c24-20(23-18-5-6-18)21(9-13-25-14-10-21)15-17-3-1-2-4-19(17)16-7-11-22-12-8-16/h1-4,7-8,11-12,18H,5-6,9-10,13-15H2,(H,23,24). The molecule has 2 fully saturated rings. The molecule has 0 spiro atoms. The normalized spacial score (nSPS) is 19.4. The van der Waals surface area contributed by atoms with E-state index in [9.17, 15) is 4.79 Å². The largest absolute Gasteiger partial charge is 0.381 e. The van der Waals surface area contributed by atoms with Crippen LogP contribution in [0.5, 0.6) is 0 Å². The van der Waals surface area contributed by atoms with Crippen molar-refractivity contribution in [2.24, 2.45) is 5.41 Å². The highest BCUT2D eigenvalue weighted by molar-refractivity contribution is 5.84. The molecule has 0 atom stereocenters. The number of carbonyl (C=O) groups is 1. The summed E-state index contributed by atoms with van der Waals surface area (Å²) in [7, 11) is 0. The average Bonchev–Trinajstić information content (AvgIpc) is 3.48. The summed E-state index contributed by atoms with van der Waals surface area (Å²) < 4.78 is 5.56. The van der Waals surface area contributed by atoms with E-state index in [1.165, 1.54) is 11.1 Å². The van der Waals surface area contributed by atoms with Gasteiger partial charge in [0.25, 0.3) is 0 Å². The quantitative estimate of drug-likeness (QED) is 0.911. The van der Waals surface area contributed by atoms with Gasteiger partial charge in [-0.05, 0) is 60.9 Å². The van der Waals surface area contributed by atoms with Crippen molar-refractivity contribution >= 4 is 5.91 Å². The van der Waals surface area contributed by atoms with E-state index in [2.05, 4.69) is 34.6 Å². The van der Waals surface area contributed by atoms with E-state index in [0.29, 0.717) is 19.3 Å². The molecule has 1 aromatic heterocycles. The lowest BCUT2D eigenvalue weighted by atomic mass is 9.73. The molecule has 130 valence electrons. The molecule has 0 unspecified atom stereocenters. The summed E-state index contributed by atoms with van der Waals surface area (Å²) in [6, 6.07) is 12.8. The third-order valence-corrected chi connectivity index (χ3v) is 5.38. The molecule has 0 bridgehead atoms. The van der Waals surface area contributed by atoms with Gasteiger partial charge in [-0.2, -0.15) is 0 Å². The molecule has 1 N–H and O–H groups in total. The topological polar surface area (TPSA) is 51.2 Å². The van der Waals surface area contributed by atoms with Crippen LogP contribution in [0.25, 0.3) is 11.1 Å². The van der Waals surface area contributed by atoms with Gasteiger partial charge in [-0.25, -0.2) is 0 Å². The lowest BCUT2D eigenvalue weighted by Crippen LogP contribution is -2.46. The Bertz CT molecular complexity index is 735. The van der Waals surface area contributed by atoms with E-state index in [-0.39, 0.29) is 11.3 Å². The Balaban J connectivity index is 1.65. The molecule has 1 aliphatic carbocycles. The second-order valence-electron chi connectivity index (χ2n) is 7.21. The molecule has 1 aliphatic heterocycles. The molecule has 2 heterocycles. The van der Waals surface area contributed by atoms with Crippen LogP contribution in [0.1, 0.15) is 31.2 Å². The fourth-order valence-electron chi connectivity index (χ4n) is 3.66. The van der Waals surface area contributed by atoms with Crippen molar-refractivity contribution in [1.82, 2.24) is 10.3 Å². The van der Waals surface area contributed by atoms with Crippen LogP contribution in [0.4, 0.5) is 0 Å². The molecule has 4 heteroatoms. The lowest BCUT2D eigenvalue weighted by molar-refractivity contribution is -0.136. The Labute approximate surface area is 148 Å². The summed E-state index contributed by atoms with van der Waals surface area (Å²) in [6.45, 7) is 1.32. The number of carbonyl (C=O) groups excluding carboxylic acids is 1. The lowest BCUT2D eigenvalue weighted by Gasteiger charge is -2.36. The molecule has 2 aromatic rings. The number of amides is 1. The smallest absolute Gasteiger partial charge is 0.226 e. The van der Waals surface area contributed by atoms with Crippen LogP contribution in [0, 0.1) is 5.41 Å². The number of hydrogen-bond acceptors (Lipinski definition) is 3. The van der Waals surface area contributed by atoms with Gasteiger partial charge < -0.3 is 10.1 Å². The highest BCUT2D eigenvalue weighted by atomic mass is 16.5. The summed E-state index contributed by atoms with van der Waals surface area (Å²) in [4.78, 5) is 17.2. The van der Waals surface area contributed by atoms with Crippen LogP contribution >= 0.6 is 0 Å². The van der Waals surface area contributed by atoms with E-state index in [0.717, 1.165) is 37.7 Å². The van der Waals surface area contributed by atoms with Crippen molar-refractivity contribution < 1.29 is 9.53 Å². The second-order valence-corrected chi connectivity index (χ2v) is 7.21. The summed E-state index contributed by atoms with van der Waals surface area (Å²) in [5.41, 5.74) is 3.20.